The van der Waals surface area contributed by atoms with Gasteiger partial charge in [0.2, 0.25) is 0 Å². The van der Waals surface area contributed by atoms with Gasteiger partial charge in [-0.25, -0.2) is 4.79 Å². The first kappa shape index (κ1) is 14.8. The van der Waals surface area contributed by atoms with Crippen molar-refractivity contribution in [2.24, 2.45) is 11.7 Å². The highest BCUT2D eigenvalue weighted by atomic mass is 16.6. The van der Waals surface area contributed by atoms with E-state index < -0.39 is 17.6 Å². The molecule has 104 valence electrons. The molecule has 0 spiro atoms. The van der Waals surface area contributed by atoms with Crippen LogP contribution in [0.1, 0.15) is 27.2 Å². The van der Waals surface area contributed by atoms with E-state index in [0.717, 1.165) is 0 Å². The first-order valence-corrected chi connectivity index (χ1v) is 6.06. The average molecular weight is 258 g/mol. The molecule has 1 amide bonds. The number of rotatable bonds is 2. The Hall–Kier alpha value is -1.30. The lowest BCUT2D eigenvalue weighted by molar-refractivity contribution is -0.143. The molecule has 0 aromatic heterocycles. The molecule has 2 unspecified atom stereocenters. The molecule has 0 aromatic rings. The van der Waals surface area contributed by atoms with Crippen LogP contribution in [0.15, 0.2) is 0 Å². The van der Waals surface area contributed by atoms with Crippen molar-refractivity contribution < 1.29 is 19.1 Å². The third-order valence-corrected chi connectivity index (χ3v) is 2.86. The Morgan fingerprint density at radius 2 is 2.00 bits per heavy atom. The van der Waals surface area contributed by atoms with Gasteiger partial charge in [-0.3, -0.25) is 4.79 Å². The fourth-order valence-electron chi connectivity index (χ4n) is 1.90. The Balaban J connectivity index is 2.51. The SMILES string of the molecule is COC(=O)C(N)C1CCN(C(=O)OC(C)(C)C)C1. The van der Waals surface area contributed by atoms with Crippen LogP contribution in [-0.4, -0.2) is 48.8 Å². The predicted molar refractivity (Wildman–Crippen MR) is 65.9 cm³/mol. The molecule has 0 aliphatic carbocycles. The zero-order chi connectivity index (χ0) is 13.9. The highest BCUT2D eigenvalue weighted by Crippen LogP contribution is 2.21. The smallest absolute Gasteiger partial charge is 0.410 e. The van der Waals surface area contributed by atoms with Crippen LogP contribution >= 0.6 is 0 Å². The van der Waals surface area contributed by atoms with E-state index in [2.05, 4.69) is 4.74 Å². The molecule has 1 aliphatic rings. The van der Waals surface area contributed by atoms with Crippen LogP contribution in [-0.2, 0) is 14.3 Å². The second kappa shape index (κ2) is 5.56. The van der Waals surface area contributed by atoms with Crippen LogP contribution in [0.5, 0.6) is 0 Å². The van der Waals surface area contributed by atoms with Gasteiger partial charge in [0.25, 0.3) is 0 Å². The fraction of sp³-hybridized carbons (Fsp3) is 0.833. The van der Waals surface area contributed by atoms with Gasteiger partial charge in [-0.15, -0.1) is 0 Å². The van der Waals surface area contributed by atoms with Crippen molar-refractivity contribution in [3.63, 3.8) is 0 Å². The number of likely N-dealkylation sites (tertiary alicyclic amines) is 1. The molecule has 18 heavy (non-hydrogen) atoms. The van der Waals surface area contributed by atoms with E-state index in [1.54, 1.807) is 4.90 Å². The fourth-order valence-corrected chi connectivity index (χ4v) is 1.90. The maximum Gasteiger partial charge on any atom is 0.410 e. The molecule has 1 fully saturated rings. The number of methoxy groups -OCH3 is 1. The molecule has 1 heterocycles. The lowest BCUT2D eigenvalue weighted by Crippen LogP contribution is -2.41. The molecule has 6 heteroatoms. The average Bonchev–Trinajstić information content (AvgIpc) is 2.73. The van der Waals surface area contributed by atoms with Gasteiger partial charge in [-0.2, -0.15) is 0 Å². The van der Waals surface area contributed by atoms with Crippen molar-refractivity contribution in [1.29, 1.82) is 0 Å². The number of hydrogen-bond donors (Lipinski definition) is 1. The largest absolute Gasteiger partial charge is 0.468 e. The van der Waals surface area contributed by atoms with Gasteiger partial charge < -0.3 is 20.1 Å². The highest BCUT2D eigenvalue weighted by molar-refractivity contribution is 5.76. The third kappa shape index (κ3) is 3.87. The van der Waals surface area contributed by atoms with Gasteiger partial charge >= 0.3 is 12.1 Å². The Kier molecular flexibility index (Phi) is 4.56. The second-order valence-electron chi connectivity index (χ2n) is 5.52. The van der Waals surface area contributed by atoms with Crippen molar-refractivity contribution in [2.75, 3.05) is 20.2 Å². The van der Waals surface area contributed by atoms with Crippen LogP contribution in [0.4, 0.5) is 4.79 Å². The van der Waals surface area contributed by atoms with E-state index >= 15 is 0 Å². The van der Waals surface area contributed by atoms with Crippen LogP contribution in [0, 0.1) is 5.92 Å². The molecule has 0 saturated carbocycles. The Morgan fingerprint density at radius 3 is 2.50 bits per heavy atom. The van der Waals surface area contributed by atoms with Gasteiger partial charge in [0.1, 0.15) is 11.6 Å². The summed E-state index contributed by atoms with van der Waals surface area (Å²) in [6.07, 6.45) is 0.331. The number of nitrogens with zero attached hydrogens (tertiary/aromatic N) is 1. The third-order valence-electron chi connectivity index (χ3n) is 2.86. The first-order chi connectivity index (χ1) is 8.24. The van der Waals surface area contributed by atoms with E-state index in [1.807, 2.05) is 20.8 Å². The van der Waals surface area contributed by atoms with E-state index in [4.69, 9.17) is 10.5 Å². The topological polar surface area (TPSA) is 81.9 Å². The number of hydrogen-bond acceptors (Lipinski definition) is 5. The number of carbonyl (C=O) groups excluding carboxylic acids is 2. The van der Waals surface area contributed by atoms with Gasteiger partial charge in [0, 0.05) is 19.0 Å². The quantitative estimate of drug-likeness (QED) is 0.739. The summed E-state index contributed by atoms with van der Waals surface area (Å²) in [5.41, 5.74) is 5.26. The monoisotopic (exact) mass is 258 g/mol. The van der Waals surface area contributed by atoms with Crippen molar-refractivity contribution in [3.8, 4) is 0 Å². The van der Waals surface area contributed by atoms with Crippen molar-refractivity contribution in [3.05, 3.63) is 0 Å². The van der Waals surface area contributed by atoms with Gasteiger partial charge in [-0.05, 0) is 27.2 Å². The Bertz CT molecular complexity index is 325. The van der Waals surface area contributed by atoms with E-state index in [0.29, 0.717) is 19.5 Å². The number of carbonyl (C=O) groups is 2. The predicted octanol–water partition coefficient (Wildman–Crippen LogP) is 0.744. The Morgan fingerprint density at radius 1 is 1.39 bits per heavy atom. The molecule has 6 nitrogen and oxygen atoms in total. The molecular weight excluding hydrogens is 236 g/mol. The zero-order valence-corrected chi connectivity index (χ0v) is 11.4. The summed E-state index contributed by atoms with van der Waals surface area (Å²) in [5.74, 6) is -0.504. The minimum Gasteiger partial charge on any atom is -0.468 e. The molecule has 1 rings (SSSR count). The summed E-state index contributed by atoms with van der Waals surface area (Å²) in [7, 11) is 1.31. The maximum absolute atomic E-state index is 11.8. The molecular formula is C12H22N2O4. The highest BCUT2D eigenvalue weighted by Gasteiger charge is 2.35. The number of nitrogens with two attached hydrogens (primary N) is 1. The van der Waals surface area contributed by atoms with Gasteiger partial charge in [0.15, 0.2) is 0 Å². The molecule has 1 aliphatic heterocycles. The molecule has 0 radical (unpaired) electrons. The van der Waals surface area contributed by atoms with Crippen molar-refractivity contribution in [2.45, 2.75) is 38.8 Å². The zero-order valence-electron chi connectivity index (χ0n) is 11.4. The summed E-state index contributed by atoms with van der Waals surface area (Å²) < 4.78 is 9.87. The van der Waals surface area contributed by atoms with Gasteiger partial charge in [0.05, 0.1) is 7.11 Å². The molecule has 0 bridgehead atoms. The Labute approximate surface area is 107 Å². The van der Waals surface area contributed by atoms with E-state index in [1.165, 1.54) is 7.11 Å². The molecule has 1 saturated heterocycles. The van der Waals surface area contributed by atoms with E-state index in [-0.39, 0.29) is 12.0 Å². The van der Waals surface area contributed by atoms with Crippen LogP contribution in [0.3, 0.4) is 0 Å². The molecule has 0 aromatic carbocycles. The lowest BCUT2D eigenvalue weighted by Gasteiger charge is -2.24. The minimum atomic E-state index is -0.678. The number of amides is 1. The maximum atomic E-state index is 11.8. The minimum absolute atomic E-state index is 0.0648. The normalized spacial score (nSPS) is 21.6. The van der Waals surface area contributed by atoms with Crippen LogP contribution in [0.25, 0.3) is 0 Å². The molecule has 2 atom stereocenters. The number of ether oxygens (including phenoxy) is 2. The lowest BCUT2D eigenvalue weighted by atomic mass is 10.0. The summed E-state index contributed by atoms with van der Waals surface area (Å²) in [4.78, 5) is 24.7. The van der Waals surface area contributed by atoms with Gasteiger partial charge in [-0.1, -0.05) is 0 Å². The van der Waals surface area contributed by atoms with Crippen molar-refractivity contribution in [1.82, 2.24) is 4.90 Å². The van der Waals surface area contributed by atoms with Crippen LogP contribution in [0.2, 0.25) is 0 Å². The second-order valence-corrected chi connectivity index (χ2v) is 5.52. The van der Waals surface area contributed by atoms with Crippen molar-refractivity contribution >= 4 is 12.1 Å². The van der Waals surface area contributed by atoms with Crippen LogP contribution < -0.4 is 5.73 Å². The summed E-state index contributed by atoms with van der Waals surface area (Å²) >= 11 is 0. The van der Waals surface area contributed by atoms with E-state index in [9.17, 15) is 9.59 Å². The number of esters is 1. The molecule has 2 N–H and O–H groups in total. The first-order valence-electron chi connectivity index (χ1n) is 6.06. The summed E-state index contributed by atoms with van der Waals surface area (Å²) in [6, 6.07) is -0.678. The summed E-state index contributed by atoms with van der Waals surface area (Å²) in [6.45, 7) is 6.45. The summed E-state index contributed by atoms with van der Waals surface area (Å²) in [5, 5.41) is 0. The standard InChI is InChI=1S/C12H22N2O4/c1-12(2,3)18-11(16)14-6-5-8(7-14)9(13)10(15)17-4/h8-9H,5-7,13H2,1-4H3.